The molecule has 0 unspecified atom stereocenters. The van der Waals surface area contributed by atoms with Gasteiger partial charge in [-0.25, -0.2) is 4.79 Å². The minimum absolute atomic E-state index is 0.0419. The van der Waals surface area contributed by atoms with Gasteiger partial charge in [0.1, 0.15) is 19.8 Å². The largest absolute Gasteiger partial charge is 0.463 e. The Morgan fingerprint density at radius 2 is 1.36 bits per heavy atom. The van der Waals surface area contributed by atoms with Crippen LogP contribution in [0.5, 0.6) is 0 Å². The van der Waals surface area contributed by atoms with Gasteiger partial charge >= 0.3 is 17.9 Å². The van der Waals surface area contributed by atoms with Crippen molar-refractivity contribution in [2.75, 3.05) is 38.8 Å². The lowest BCUT2D eigenvalue weighted by Gasteiger charge is -2.07. The van der Waals surface area contributed by atoms with E-state index < -0.39 is 33.8 Å². The van der Waals surface area contributed by atoms with Crippen molar-refractivity contribution in [3.8, 4) is 0 Å². The molecule has 144 valence electrons. The Hall–Kier alpha value is -1.98. The van der Waals surface area contributed by atoms with E-state index in [9.17, 15) is 22.8 Å². The quantitative estimate of drug-likeness (QED) is 0.150. The number of hydrogen-bond donors (Lipinski definition) is 1. The van der Waals surface area contributed by atoms with Crippen LogP contribution in [0.25, 0.3) is 0 Å². The van der Waals surface area contributed by atoms with E-state index in [4.69, 9.17) is 23.5 Å². The summed E-state index contributed by atoms with van der Waals surface area (Å²) < 4.78 is 48.3. The maximum atomic E-state index is 11.3. The number of esters is 3. The van der Waals surface area contributed by atoms with Crippen molar-refractivity contribution in [3.63, 3.8) is 0 Å². The Morgan fingerprint density at radius 1 is 0.880 bits per heavy atom. The van der Waals surface area contributed by atoms with Crippen molar-refractivity contribution < 1.29 is 46.3 Å². The van der Waals surface area contributed by atoms with Gasteiger partial charge in [0.25, 0.3) is 10.1 Å². The molecule has 0 saturated carbocycles. The van der Waals surface area contributed by atoms with Gasteiger partial charge in [-0.3, -0.25) is 14.1 Å². The fraction of sp³-hybridized carbons (Fsp3) is 0.643. The van der Waals surface area contributed by atoms with Crippen LogP contribution in [0, 0.1) is 0 Å². The SMILES string of the molecule is C=C(C)C(=O)OCCOC(=O)CCC(=O)OCCOCCS(=O)(=O)O. The van der Waals surface area contributed by atoms with E-state index in [1.54, 1.807) is 0 Å². The zero-order valence-electron chi connectivity index (χ0n) is 13.9. The van der Waals surface area contributed by atoms with E-state index in [1.807, 2.05) is 0 Å². The Morgan fingerprint density at radius 3 is 1.84 bits per heavy atom. The van der Waals surface area contributed by atoms with Gasteiger partial charge in [0.15, 0.2) is 0 Å². The molecule has 0 saturated heterocycles. The monoisotopic (exact) mass is 382 g/mol. The molecule has 0 aromatic rings. The number of carbonyl (C=O) groups is 3. The van der Waals surface area contributed by atoms with Crippen molar-refractivity contribution in [2.45, 2.75) is 19.8 Å². The molecule has 0 rings (SSSR count). The Balaban J connectivity index is 3.60. The van der Waals surface area contributed by atoms with E-state index in [0.717, 1.165) is 0 Å². The van der Waals surface area contributed by atoms with E-state index in [0.29, 0.717) is 0 Å². The highest BCUT2D eigenvalue weighted by Gasteiger charge is 2.10. The smallest absolute Gasteiger partial charge is 0.333 e. The lowest BCUT2D eigenvalue weighted by atomic mass is 10.3. The third kappa shape index (κ3) is 15.3. The normalized spacial score (nSPS) is 10.8. The van der Waals surface area contributed by atoms with Crippen molar-refractivity contribution in [3.05, 3.63) is 12.2 Å². The number of carbonyl (C=O) groups excluding carboxylic acids is 3. The van der Waals surface area contributed by atoms with Gasteiger partial charge in [0.2, 0.25) is 0 Å². The molecular formula is C14H22O10S. The molecule has 0 aliphatic carbocycles. The van der Waals surface area contributed by atoms with Crippen LogP contribution in [0.1, 0.15) is 19.8 Å². The minimum atomic E-state index is -4.08. The van der Waals surface area contributed by atoms with Crippen LogP contribution in [-0.2, 0) is 43.4 Å². The third-order valence-corrected chi connectivity index (χ3v) is 3.12. The summed E-state index contributed by atoms with van der Waals surface area (Å²) in [7, 11) is -4.08. The van der Waals surface area contributed by atoms with Crippen LogP contribution >= 0.6 is 0 Å². The van der Waals surface area contributed by atoms with Gasteiger partial charge < -0.3 is 18.9 Å². The van der Waals surface area contributed by atoms with Crippen molar-refractivity contribution >= 4 is 28.0 Å². The predicted octanol–water partition coefficient (Wildman–Crippen LogP) is -0.123. The van der Waals surface area contributed by atoms with Crippen LogP contribution in [-0.4, -0.2) is 69.7 Å². The molecular weight excluding hydrogens is 360 g/mol. The first kappa shape index (κ1) is 23.0. The summed E-state index contributed by atoms with van der Waals surface area (Å²) >= 11 is 0. The van der Waals surface area contributed by atoms with Crippen molar-refractivity contribution in [2.24, 2.45) is 0 Å². The highest BCUT2D eigenvalue weighted by atomic mass is 32.2. The summed E-state index contributed by atoms with van der Waals surface area (Å²) in [6, 6.07) is 0. The molecule has 0 aliphatic rings. The molecule has 25 heavy (non-hydrogen) atoms. The summed E-state index contributed by atoms with van der Waals surface area (Å²) in [6.45, 7) is 4.26. The zero-order valence-corrected chi connectivity index (χ0v) is 14.7. The first-order chi connectivity index (χ1) is 11.6. The number of ether oxygens (including phenoxy) is 4. The lowest BCUT2D eigenvalue weighted by Crippen LogP contribution is -2.17. The van der Waals surface area contributed by atoms with Gasteiger partial charge in [-0.15, -0.1) is 0 Å². The standard InChI is InChI=1S/C14H22O10S/c1-11(2)14(17)24-8-7-23-13(16)4-3-12(15)22-6-5-21-9-10-25(18,19)20/h1,3-10H2,2H3,(H,18,19,20). The van der Waals surface area contributed by atoms with Crippen molar-refractivity contribution in [1.82, 2.24) is 0 Å². The van der Waals surface area contributed by atoms with Crippen LogP contribution in [0.15, 0.2) is 12.2 Å². The molecule has 10 nitrogen and oxygen atoms in total. The fourth-order valence-corrected chi connectivity index (χ4v) is 1.57. The highest BCUT2D eigenvalue weighted by Crippen LogP contribution is 1.97. The second-order valence-corrected chi connectivity index (χ2v) is 6.33. The molecule has 1 N–H and O–H groups in total. The Kier molecular flexibility index (Phi) is 11.4. The Bertz CT molecular complexity index is 566. The van der Waals surface area contributed by atoms with Crippen LogP contribution < -0.4 is 0 Å². The first-order valence-corrected chi connectivity index (χ1v) is 8.89. The van der Waals surface area contributed by atoms with Crippen LogP contribution in [0.3, 0.4) is 0 Å². The molecule has 0 bridgehead atoms. The van der Waals surface area contributed by atoms with Crippen molar-refractivity contribution in [1.29, 1.82) is 0 Å². The summed E-state index contributed by atoms with van der Waals surface area (Å²) in [5.74, 6) is -2.43. The molecule has 0 aromatic heterocycles. The molecule has 0 amide bonds. The summed E-state index contributed by atoms with van der Waals surface area (Å²) in [5, 5.41) is 0. The van der Waals surface area contributed by atoms with E-state index >= 15 is 0 Å². The zero-order chi connectivity index (χ0) is 19.3. The first-order valence-electron chi connectivity index (χ1n) is 7.28. The molecule has 11 heteroatoms. The fourth-order valence-electron chi connectivity index (χ4n) is 1.24. The topological polar surface area (TPSA) is 142 Å². The molecule has 0 heterocycles. The minimum Gasteiger partial charge on any atom is -0.463 e. The lowest BCUT2D eigenvalue weighted by molar-refractivity contribution is -0.153. The highest BCUT2D eigenvalue weighted by molar-refractivity contribution is 7.85. The summed E-state index contributed by atoms with van der Waals surface area (Å²) in [6.07, 6.45) is -0.397. The average Bonchev–Trinajstić information content (AvgIpc) is 2.51. The molecule has 0 atom stereocenters. The van der Waals surface area contributed by atoms with Gasteiger partial charge in [0, 0.05) is 5.57 Å². The second-order valence-electron chi connectivity index (χ2n) is 4.76. The Labute approximate surface area is 145 Å². The van der Waals surface area contributed by atoms with Gasteiger partial charge in [0.05, 0.1) is 31.8 Å². The van der Waals surface area contributed by atoms with E-state index in [2.05, 4.69) is 6.58 Å². The third-order valence-electron chi connectivity index (χ3n) is 2.44. The van der Waals surface area contributed by atoms with Gasteiger partial charge in [-0.1, -0.05) is 6.58 Å². The van der Waals surface area contributed by atoms with Gasteiger partial charge in [-0.05, 0) is 6.92 Å². The second kappa shape index (κ2) is 12.4. The van der Waals surface area contributed by atoms with E-state index in [-0.39, 0.29) is 51.4 Å². The maximum absolute atomic E-state index is 11.3. The predicted molar refractivity (Wildman–Crippen MR) is 84.2 cm³/mol. The molecule has 0 aliphatic heterocycles. The summed E-state index contributed by atoms with van der Waals surface area (Å²) in [4.78, 5) is 33.7. The average molecular weight is 382 g/mol. The molecule has 0 spiro atoms. The van der Waals surface area contributed by atoms with E-state index in [1.165, 1.54) is 6.92 Å². The summed E-state index contributed by atoms with van der Waals surface area (Å²) in [5.41, 5.74) is 0.232. The van der Waals surface area contributed by atoms with Gasteiger partial charge in [-0.2, -0.15) is 8.42 Å². The van der Waals surface area contributed by atoms with Crippen LogP contribution in [0.2, 0.25) is 0 Å². The molecule has 0 aromatic carbocycles. The molecule has 0 fully saturated rings. The number of rotatable bonds is 13. The maximum Gasteiger partial charge on any atom is 0.333 e. The van der Waals surface area contributed by atoms with Crippen LogP contribution in [0.4, 0.5) is 0 Å². The number of hydrogen-bond acceptors (Lipinski definition) is 9. The molecule has 0 radical (unpaired) electrons.